The summed E-state index contributed by atoms with van der Waals surface area (Å²) in [5.74, 6) is 2.07. The van der Waals surface area contributed by atoms with Crippen molar-refractivity contribution < 1.29 is 9.53 Å². The summed E-state index contributed by atoms with van der Waals surface area (Å²) in [6.45, 7) is 3.17. The van der Waals surface area contributed by atoms with E-state index in [0.717, 1.165) is 33.9 Å². The summed E-state index contributed by atoms with van der Waals surface area (Å²) in [6.07, 6.45) is 7.76. The van der Waals surface area contributed by atoms with Gasteiger partial charge in [0, 0.05) is 44.8 Å². The molecule has 0 unspecified atom stereocenters. The number of nitrogens with zero attached hydrogens (tertiary/aromatic N) is 5. The minimum absolute atomic E-state index is 0.0952. The maximum atomic E-state index is 13.3. The Labute approximate surface area is 198 Å². The van der Waals surface area contributed by atoms with Crippen LogP contribution in [-0.4, -0.2) is 41.1 Å². The molecule has 1 aromatic carbocycles. The van der Waals surface area contributed by atoms with Gasteiger partial charge in [-0.25, -0.2) is 9.97 Å². The van der Waals surface area contributed by atoms with E-state index in [-0.39, 0.29) is 5.91 Å². The molecule has 3 aromatic heterocycles. The minimum atomic E-state index is -0.0952. The maximum absolute atomic E-state index is 13.3. The Hall–Kier alpha value is -4.26. The highest BCUT2D eigenvalue weighted by molar-refractivity contribution is 6.12. The Morgan fingerprint density at radius 1 is 0.912 bits per heavy atom. The van der Waals surface area contributed by atoms with Gasteiger partial charge in [-0.05, 0) is 66.1 Å². The van der Waals surface area contributed by atoms with Crippen LogP contribution in [0.1, 0.15) is 22.8 Å². The fourth-order valence-corrected chi connectivity index (χ4v) is 4.13. The van der Waals surface area contributed by atoms with E-state index in [1.54, 1.807) is 30.5 Å². The third-order valence-corrected chi connectivity index (χ3v) is 5.94. The normalized spacial score (nSPS) is 12.7. The monoisotopic (exact) mass is 451 g/mol. The van der Waals surface area contributed by atoms with Crippen molar-refractivity contribution in [2.45, 2.75) is 13.3 Å². The molecule has 170 valence electrons. The van der Waals surface area contributed by atoms with E-state index < -0.39 is 0 Å². The first-order chi connectivity index (χ1) is 16.7. The number of amides is 1. The molecule has 1 amide bonds. The lowest BCUT2D eigenvalue weighted by Crippen LogP contribution is -2.25. The van der Waals surface area contributed by atoms with Crippen LogP contribution in [0.5, 0.6) is 5.75 Å². The number of rotatable bonds is 6. The number of fused-ring (bicyclic) bond motifs is 2. The molecule has 1 aliphatic heterocycles. The highest BCUT2D eigenvalue weighted by atomic mass is 16.5. The molecule has 34 heavy (non-hydrogen) atoms. The Morgan fingerprint density at radius 2 is 1.68 bits per heavy atom. The number of ether oxygens (including phenoxy) is 1. The molecule has 0 aliphatic carbocycles. The smallest absolute Gasteiger partial charge is 0.261 e. The van der Waals surface area contributed by atoms with Crippen molar-refractivity contribution in [3.63, 3.8) is 0 Å². The van der Waals surface area contributed by atoms with E-state index in [2.05, 4.69) is 15.0 Å². The molecule has 7 heteroatoms. The van der Waals surface area contributed by atoms with Crippen LogP contribution in [0.4, 0.5) is 17.3 Å². The van der Waals surface area contributed by atoms with Gasteiger partial charge in [-0.1, -0.05) is 12.1 Å². The first-order valence-electron chi connectivity index (χ1n) is 11.3. The lowest BCUT2D eigenvalue weighted by atomic mass is 10.1. The van der Waals surface area contributed by atoms with Crippen LogP contribution < -0.4 is 14.5 Å². The largest absolute Gasteiger partial charge is 0.493 e. The Morgan fingerprint density at radius 3 is 2.44 bits per heavy atom. The number of aromatic nitrogens is 3. The first-order valence-corrected chi connectivity index (χ1v) is 11.3. The lowest BCUT2D eigenvalue weighted by Gasteiger charge is -2.22. The highest BCUT2D eigenvalue weighted by Crippen LogP contribution is 2.37. The van der Waals surface area contributed by atoms with Crippen molar-refractivity contribution in [3.05, 3.63) is 90.5 Å². The summed E-state index contributed by atoms with van der Waals surface area (Å²) >= 11 is 0. The Kier molecular flexibility index (Phi) is 5.91. The molecule has 0 N–H and O–H groups in total. The third kappa shape index (κ3) is 4.08. The van der Waals surface area contributed by atoms with Gasteiger partial charge >= 0.3 is 0 Å². The minimum Gasteiger partial charge on any atom is -0.493 e. The highest BCUT2D eigenvalue weighted by Gasteiger charge is 2.30. The van der Waals surface area contributed by atoms with Crippen molar-refractivity contribution in [2.24, 2.45) is 0 Å². The Bertz CT molecular complexity index is 1310. The molecule has 0 saturated carbocycles. The van der Waals surface area contributed by atoms with Gasteiger partial charge in [0.15, 0.2) is 5.82 Å². The summed E-state index contributed by atoms with van der Waals surface area (Å²) in [5.41, 5.74) is 4.52. The van der Waals surface area contributed by atoms with Gasteiger partial charge in [-0.2, -0.15) is 0 Å². The quantitative estimate of drug-likeness (QED) is 0.415. The second-order valence-electron chi connectivity index (χ2n) is 8.03. The van der Waals surface area contributed by atoms with Crippen LogP contribution in [0.15, 0.2) is 79.4 Å². The van der Waals surface area contributed by atoms with Crippen LogP contribution in [0, 0.1) is 0 Å². The number of hydrogen-bond donors (Lipinski definition) is 0. The number of pyridine rings is 3. The summed E-state index contributed by atoms with van der Waals surface area (Å²) in [5, 5.41) is 0. The van der Waals surface area contributed by atoms with Gasteiger partial charge < -0.3 is 14.5 Å². The van der Waals surface area contributed by atoms with Crippen molar-refractivity contribution in [1.29, 1.82) is 0 Å². The molecule has 7 nitrogen and oxygen atoms in total. The first kappa shape index (κ1) is 21.6. The lowest BCUT2D eigenvalue weighted by molar-refractivity contribution is 0.0994. The number of anilines is 3. The average molecular weight is 452 g/mol. The summed E-state index contributed by atoms with van der Waals surface area (Å²) < 4.78 is 5.95. The zero-order chi connectivity index (χ0) is 23.5. The van der Waals surface area contributed by atoms with E-state index in [1.807, 2.05) is 72.6 Å². The zero-order valence-corrected chi connectivity index (χ0v) is 19.2. The number of carbonyl (C=O) groups is 1. The number of carbonyl (C=O) groups excluding carboxylic acids is 1. The average Bonchev–Trinajstić information content (AvgIpc) is 2.98. The van der Waals surface area contributed by atoms with Gasteiger partial charge in [0.2, 0.25) is 0 Å². The molecular formula is C27H25N5O2. The summed E-state index contributed by atoms with van der Waals surface area (Å²) in [7, 11) is 1.77. The molecule has 0 radical (unpaired) electrons. The molecule has 1 aliphatic rings. The molecule has 0 saturated heterocycles. The van der Waals surface area contributed by atoms with Gasteiger partial charge in [-0.15, -0.1) is 0 Å². The predicted octanol–water partition coefficient (Wildman–Crippen LogP) is 4.91. The van der Waals surface area contributed by atoms with Gasteiger partial charge in [0.25, 0.3) is 5.91 Å². The van der Waals surface area contributed by atoms with Gasteiger partial charge in [-0.3, -0.25) is 9.78 Å². The molecule has 4 aromatic rings. The van der Waals surface area contributed by atoms with Crippen LogP contribution >= 0.6 is 0 Å². The van der Waals surface area contributed by atoms with Gasteiger partial charge in [0.1, 0.15) is 11.6 Å². The molecule has 4 heterocycles. The molecular weight excluding hydrogens is 426 g/mol. The van der Waals surface area contributed by atoms with Crippen LogP contribution in [0.2, 0.25) is 0 Å². The van der Waals surface area contributed by atoms with Crippen LogP contribution in [0.25, 0.3) is 11.1 Å². The zero-order valence-electron chi connectivity index (χ0n) is 19.2. The van der Waals surface area contributed by atoms with E-state index in [9.17, 15) is 4.79 Å². The van der Waals surface area contributed by atoms with Crippen molar-refractivity contribution >= 4 is 23.2 Å². The van der Waals surface area contributed by atoms with Crippen molar-refractivity contribution in [1.82, 2.24) is 15.0 Å². The molecule has 0 spiro atoms. The van der Waals surface area contributed by atoms with Crippen LogP contribution in [-0.2, 0) is 6.42 Å². The fourth-order valence-electron chi connectivity index (χ4n) is 4.13. The third-order valence-electron chi connectivity index (χ3n) is 5.94. The molecule has 0 fully saturated rings. The van der Waals surface area contributed by atoms with E-state index in [4.69, 9.17) is 4.74 Å². The number of benzene rings is 1. The van der Waals surface area contributed by atoms with E-state index >= 15 is 0 Å². The molecule has 0 bridgehead atoms. The Balaban J connectivity index is 1.31. The van der Waals surface area contributed by atoms with E-state index in [0.29, 0.717) is 31.0 Å². The fraction of sp³-hybridized carbons (Fsp3) is 0.185. The van der Waals surface area contributed by atoms with E-state index in [1.165, 1.54) is 0 Å². The number of hydrogen-bond acceptors (Lipinski definition) is 6. The molecule has 0 atom stereocenters. The standard InChI is InChI=1S/C27H25N5O2/c1-3-32-25-23(27(33)31(2)24-5-4-13-29-26(24)32)17-19(18-30-25)12-16-34-22-8-6-20(7-9-22)21-10-14-28-15-11-21/h4-11,13-15,17-18H,3,12,16H2,1-2H3. The van der Waals surface area contributed by atoms with Gasteiger partial charge in [0.05, 0.1) is 17.9 Å². The second kappa shape index (κ2) is 9.31. The van der Waals surface area contributed by atoms with Crippen molar-refractivity contribution in [2.75, 3.05) is 30.0 Å². The SMILES string of the molecule is CCN1c2ncc(CCOc3ccc(-c4ccncc4)cc3)cc2C(=O)N(C)c2cccnc21. The summed E-state index contributed by atoms with van der Waals surface area (Å²) in [4.78, 5) is 30.1. The topological polar surface area (TPSA) is 71.5 Å². The van der Waals surface area contributed by atoms with Crippen molar-refractivity contribution in [3.8, 4) is 16.9 Å². The second-order valence-corrected chi connectivity index (χ2v) is 8.03. The molecule has 5 rings (SSSR count). The van der Waals surface area contributed by atoms with Crippen LogP contribution in [0.3, 0.4) is 0 Å². The maximum Gasteiger partial charge on any atom is 0.261 e. The summed E-state index contributed by atoms with van der Waals surface area (Å²) in [6, 6.07) is 17.6. The predicted molar refractivity (Wildman–Crippen MR) is 133 cm³/mol.